The molecule has 0 N–H and O–H groups in total. The minimum absolute atomic E-state index is 0.0657. The Morgan fingerprint density at radius 3 is 2.85 bits per heavy atom. The molecule has 9 heteroatoms. The number of hydrogen-bond donors (Lipinski definition) is 0. The lowest BCUT2D eigenvalue weighted by molar-refractivity contribution is -0.134. The molecule has 1 fully saturated rings. The second-order valence-electron chi connectivity index (χ2n) is 6.37. The van der Waals surface area contributed by atoms with Crippen LogP contribution in [0, 0.1) is 0 Å². The van der Waals surface area contributed by atoms with E-state index in [9.17, 15) is 9.59 Å². The summed E-state index contributed by atoms with van der Waals surface area (Å²) in [5.74, 6) is 1.04. The molecule has 1 saturated heterocycles. The monoisotopic (exact) mass is 358 g/mol. The average molecular weight is 358 g/mol. The number of nitrogens with zero attached hydrogens (tertiary/aromatic N) is 6. The van der Waals surface area contributed by atoms with Gasteiger partial charge in [-0.05, 0) is 25.0 Å². The maximum absolute atomic E-state index is 12.5. The topological polar surface area (TPSA) is 93.5 Å². The molecule has 0 aliphatic carbocycles. The van der Waals surface area contributed by atoms with Gasteiger partial charge in [-0.2, -0.15) is 5.10 Å². The Labute approximate surface area is 151 Å². The first-order valence-corrected chi connectivity index (χ1v) is 8.50. The molecule has 0 saturated carbocycles. The largest absolute Gasteiger partial charge is 0.471 e. The summed E-state index contributed by atoms with van der Waals surface area (Å²) in [6, 6.07) is 6.55. The summed E-state index contributed by atoms with van der Waals surface area (Å²) in [4.78, 5) is 27.7. The number of piperidine rings is 1. The van der Waals surface area contributed by atoms with Gasteiger partial charge in [0, 0.05) is 39.0 Å². The summed E-state index contributed by atoms with van der Waals surface area (Å²) < 4.78 is 7.04. The predicted octanol–water partition coefficient (Wildman–Crippen LogP) is 0.169. The van der Waals surface area contributed by atoms with Crippen LogP contribution in [0.3, 0.4) is 0 Å². The van der Waals surface area contributed by atoms with Crippen molar-refractivity contribution in [1.82, 2.24) is 24.9 Å². The Hall–Kier alpha value is -2.97. The number of carbonyl (C=O) groups excluding carboxylic acids is 1. The number of amides is 1. The van der Waals surface area contributed by atoms with Gasteiger partial charge in [-0.1, -0.05) is 0 Å². The highest BCUT2D eigenvalue weighted by molar-refractivity contribution is 5.76. The van der Waals surface area contributed by atoms with Crippen LogP contribution in [-0.4, -0.2) is 64.1 Å². The lowest BCUT2D eigenvalue weighted by Gasteiger charge is -2.32. The minimum Gasteiger partial charge on any atom is -0.471 e. The van der Waals surface area contributed by atoms with Gasteiger partial charge in [0.25, 0.3) is 5.56 Å². The third kappa shape index (κ3) is 4.35. The second-order valence-corrected chi connectivity index (χ2v) is 6.37. The van der Waals surface area contributed by atoms with Crippen molar-refractivity contribution in [3.63, 3.8) is 0 Å². The van der Waals surface area contributed by atoms with E-state index in [2.05, 4.69) is 15.3 Å². The van der Waals surface area contributed by atoms with E-state index in [1.165, 1.54) is 12.3 Å². The molecular weight excluding hydrogens is 336 g/mol. The van der Waals surface area contributed by atoms with E-state index in [4.69, 9.17) is 4.74 Å². The summed E-state index contributed by atoms with van der Waals surface area (Å²) in [6.45, 7) is 1.03. The third-order valence-corrected chi connectivity index (χ3v) is 4.17. The highest BCUT2D eigenvalue weighted by Crippen LogP contribution is 2.18. The van der Waals surface area contributed by atoms with Crippen LogP contribution in [0.2, 0.25) is 0 Å². The van der Waals surface area contributed by atoms with E-state index >= 15 is 0 Å². The van der Waals surface area contributed by atoms with Gasteiger partial charge in [-0.25, -0.2) is 4.68 Å². The van der Waals surface area contributed by atoms with Crippen LogP contribution in [0.25, 0.3) is 0 Å². The second kappa shape index (κ2) is 7.94. The Morgan fingerprint density at radius 1 is 1.31 bits per heavy atom. The summed E-state index contributed by atoms with van der Waals surface area (Å²) in [6.07, 6.45) is 3.02. The molecular formula is C17H22N6O3. The molecule has 1 atom stereocenters. The van der Waals surface area contributed by atoms with Crippen molar-refractivity contribution in [2.24, 2.45) is 0 Å². The predicted molar refractivity (Wildman–Crippen MR) is 95.1 cm³/mol. The van der Waals surface area contributed by atoms with Gasteiger partial charge < -0.3 is 14.5 Å². The molecule has 1 aliphatic heterocycles. The summed E-state index contributed by atoms with van der Waals surface area (Å²) in [7, 11) is 3.78. The van der Waals surface area contributed by atoms with E-state index in [0.717, 1.165) is 23.3 Å². The molecule has 9 nitrogen and oxygen atoms in total. The molecule has 3 rings (SSSR count). The van der Waals surface area contributed by atoms with Crippen LogP contribution in [0.1, 0.15) is 12.8 Å². The van der Waals surface area contributed by atoms with Crippen molar-refractivity contribution in [2.45, 2.75) is 25.5 Å². The van der Waals surface area contributed by atoms with Gasteiger partial charge in [0.05, 0.1) is 6.54 Å². The third-order valence-electron chi connectivity index (χ3n) is 4.17. The molecule has 26 heavy (non-hydrogen) atoms. The normalized spacial score (nSPS) is 17.0. The molecule has 0 bridgehead atoms. The minimum atomic E-state index is -0.290. The van der Waals surface area contributed by atoms with E-state index in [1.807, 2.05) is 25.1 Å². The maximum atomic E-state index is 12.5. The van der Waals surface area contributed by atoms with E-state index in [1.54, 1.807) is 17.0 Å². The van der Waals surface area contributed by atoms with Crippen molar-refractivity contribution in [3.05, 3.63) is 40.8 Å². The molecule has 2 aromatic rings. The number of rotatable bonds is 5. The molecule has 0 spiro atoms. The van der Waals surface area contributed by atoms with Gasteiger partial charge in [0.15, 0.2) is 5.82 Å². The standard InChI is InChI=1S/C17H22N6O3/c1-21(2)14-7-8-15(20-19-14)26-13-5-4-10-22(11-13)17(25)12-23-16(24)6-3-9-18-23/h3,6-9,13H,4-5,10-12H2,1-2H3. The molecule has 1 unspecified atom stereocenters. The van der Waals surface area contributed by atoms with E-state index in [-0.39, 0.29) is 24.1 Å². The quantitative estimate of drug-likeness (QED) is 0.752. The Balaban J connectivity index is 1.59. The molecule has 0 radical (unpaired) electrons. The first kappa shape index (κ1) is 17.8. The maximum Gasteiger partial charge on any atom is 0.267 e. The highest BCUT2D eigenvalue weighted by Gasteiger charge is 2.25. The van der Waals surface area contributed by atoms with Gasteiger partial charge in [-0.3, -0.25) is 9.59 Å². The fraction of sp³-hybridized carbons (Fsp3) is 0.471. The summed E-state index contributed by atoms with van der Waals surface area (Å²) in [5, 5.41) is 12.1. The number of hydrogen-bond acceptors (Lipinski definition) is 7. The van der Waals surface area contributed by atoms with Crippen LogP contribution >= 0.6 is 0 Å². The van der Waals surface area contributed by atoms with Crippen LogP contribution in [0.15, 0.2) is 35.3 Å². The lowest BCUT2D eigenvalue weighted by atomic mass is 10.1. The average Bonchev–Trinajstić information content (AvgIpc) is 2.64. The van der Waals surface area contributed by atoms with Crippen molar-refractivity contribution in [1.29, 1.82) is 0 Å². The molecule has 1 aliphatic rings. The van der Waals surface area contributed by atoms with Crippen molar-refractivity contribution in [3.8, 4) is 5.88 Å². The van der Waals surface area contributed by atoms with Crippen molar-refractivity contribution < 1.29 is 9.53 Å². The molecule has 0 aromatic carbocycles. The zero-order chi connectivity index (χ0) is 18.5. The van der Waals surface area contributed by atoms with Crippen LogP contribution in [-0.2, 0) is 11.3 Å². The van der Waals surface area contributed by atoms with Crippen molar-refractivity contribution in [2.75, 3.05) is 32.1 Å². The number of likely N-dealkylation sites (tertiary alicyclic amines) is 1. The Morgan fingerprint density at radius 2 is 2.15 bits per heavy atom. The van der Waals surface area contributed by atoms with Gasteiger partial charge in [0.1, 0.15) is 12.6 Å². The lowest BCUT2D eigenvalue weighted by Crippen LogP contribution is -2.46. The number of carbonyl (C=O) groups is 1. The molecule has 138 valence electrons. The zero-order valence-corrected chi connectivity index (χ0v) is 14.9. The highest BCUT2D eigenvalue weighted by atomic mass is 16.5. The fourth-order valence-electron chi connectivity index (χ4n) is 2.78. The van der Waals surface area contributed by atoms with Crippen LogP contribution in [0.4, 0.5) is 5.82 Å². The van der Waals surface area contributed by atoms with Gasteiger partial charge in [0.2, 0.25) is 11.8 Å². The summed E-state index contributed by atoms with van der Waals surface area (Å²) in [5.41, 5.74) is -0.290. The fourth-order valence-corrected chi connectivity index (χ4v) is 2.78. The molecule has 1 amide bonds. The Kier molecular flexibility index (Phi) is 5.45. The van der Waals surface area contributed by atoms with E-state index in [0.29, 0.717) is 19.0 Å². The zero-order valence-electron chi connectivity index (χ0n) is 14.9. The molecule has 3 heterocycles. The van der Waals surface area contributed by atoms with Gasteiger partial charge in [-0.15, -0.1) is 10.2 Å². The number of anilines is 1. The van der Waals surface area contributed by atoms with Crippen LogP contribution in [0.5, 0.6) is 5.88 Å². The Bertz CT molecular complexity index is 805. The SMILES string of the molecule is CN(C)c1ccc(OC2CCCN(C(=O)Cn3ncccc3=O)C2)nn1. The van der Waals surface area contributed by atoms with Gasteiger partial charge >= 0.3 is 0 Å². The van der Waals surface area contributed by atoms with Crippen molar-refractivity contribution >= 4 is 11.7 Å². The first-order chi connectivity index (χ1) is 12.5. The number of aromatic nitrogens is 4. The summed E-state index contributed by atoms with van der Waals surface area (Å²) >= 11 is 0. The van der Waals surface area contributed by atoms with Crippen LogP contribution < -0.4 is 15.2 Å². The molecule has 2 aromatic heterocycles. The first-order valence-electron chi connectivity index (χ1n) is 8.50. The van der Waals surface area contributed by atoms with E-state index < -0.39 is 0 Å². The number of ether oxygens (including phenoxy) is 1. The smallest absolute Gasteiger partial charge is 0.267 e.